The van der Waals surface area contributed by atoms with Crippen molar-refractivity contribution in [3.63, 3.8) is 0 Å². The molecule has 17 heteroatoms. The Bertz CT molecular complexity index is 2160. The molecule has 0 saturated carbocycles. The number of nitrogens with zero attached hydrogens (tertiary/aromatic N) is 4. The molecule has 9 atom stereocenters. The summed E-state index contributed by atoms with van der Waals surface area (Å²) >= 11 is 0. The number of benzene rings is 3. The van der Waals surface area contributed by atoms with Crippen molar-refractivity contribution in [3.8, 4) is 5.75 Å². The molecule has 0 radical (unpaired) electrons. The maximum absolute atomic E-state index is 12.7. The molecule has 0 amide bonds. The number of carbonyl (C=O) groups excluding carboxylic acids is 1. The molecule has 0 unspecified atom stereocenters. The quantitative estimate of drug-likeness (QED) is 0.0854. The topological polar surface area (TPSA) is 246 Å². The molecule has 2 aliphatic rings. The summed E-state index contributed by atoms with van der Waals surface area (Å²) in [5.41, 5.74) is 7.16. The number of aromatic nitrogens is 5. The lowest BCUT2D eigenvalue weighted by atomic mass is 10.0. The SMILES string of the molecule is NC[C@H]1O[C@@H](O[C@H](c2cn(Cc3ccc(COc4ccc(C(=O)c5ccccc5)cc4)cc3)nn2)[C@H]2O[C@@H](n3ccc(=O)[nH]c3=O)[C@H](O)[C@@H]2O)[C@H](O)[C@@H]1O. The lowest BCUT2D eigenvalue weighted by Gasteiger charge is -2.28. The Hall–Kier alpha value is -5.37. The van der Waals surface area contributed by atoms with Gasteiger partial charge in [0.05, 0.1) is 12.7 Å². The van der Waals surface area contributed by atoms with Crippen molar-refractivity contribution in [2.45, 2.75) is 68.4 Å². The number of rotatable bonds is 13. The molecule has 7 N–H and O–H groups in total. The molecule has 2 fully saturated rings. The van der Waals surface area contributed by atoms with Crippen LogP contribution < -0.4 is 21.7 Å². The van der Waals surface area contributed by atoms with Crippen LogP contribution >= 0.6 is 0 Å². The summed E-state index contributed by atoms with van der Waals surface area (Å²) in [7, 11) is 0. The van der Waals surface area contributed by atoms with Crippen molar-refractivity contribution >= 4 is 5.78 Å². The van der Waals surface area contributed by atoms with E-state index in [1.54, 1.807) is 36.4 Å². The van der Waals surface area contributed by atoms with Crippen LogP contribution in [0.15, 0.2) is 107 Å². The van der Waals surface area contributed by atoms with Crippen LogP contribution in [0.1, 0.15) is 45.1 Å². The van der Waals surface area contributed by atoms with Crippen molar-refractivity contribution in [2.24, 2.45) is 5.73 Å². The molecule has 17 nitrogen and oxygen atoms in total. The normalized spacial score (nSPS) is 25.8. The molecule has 3 aromatic carbocycles. The molecule has 2 aliphatic heterocycles. The fourth-order valence-corrected chi connectivity index (χ4v) is 6.35. The number of aliphatic hydroxyl groups is 4. The smallest absolute Gasteiger partial charge is 0.330 e. The van der Waals surface area contributed by atoms with Gasteiger partial charge in [-0.2, -0.15) is 0 Å². The Morgan fingerprint density at radius 2 is 1.56 bits per heavy atom. The number of aromatic amines is 1. The number of aliphatic hydroxyl groups excluding tert-OH is 4. The molecule has 7 rings (SSSR count). The first-order valence-electron chi connectivity index (χ1n) is 17.1. The second-order valence-corrected chi connectivity index (χ2v) is 13.0. The molecule has 54 heavy (non-hydrogen) atoms. The molecule has 4 heterocycles. The number of hydrogen-bond acceptors (Lipinski definition) is 14. The highest BCUT2D eigenvalue weighted by atomic mass is 16.7. The molecule has 0 spiro atoms. The number of carbonyl (C=O) groups is 1. The van der Waals surface area contributed by atoms with Gasteiger partial charge in [0.15, 0.2) is 18.3 Å². The predicted octanol–water partition coefficient (Wildman–Crippen LogP) is -0.231. The molecular weight excluding hydrogens is 704 g/mol. The van der Waals surface area contributed by atoms with E-state index >= 15 is 0 Å². The minimum atomic E-state index is -1.65. The van der Waals surface area contributed by atoms with Gasteiger partial charge in [-0.25, -0.2) is 9.48 Å². The number of ketones is 1. The van der Waals surface area contributed by atoms with Gasteiger partial charge in [-0.1, -0.05) is 59.8 Å². The van der Waals surface area contributed by atoms with Gasteiger partial charge in [-0.3, -0.25) is 19.1 Å². The molecule has 0 bridgehead atoms. The summed E-state index contributed by atoms with van der Waals surface area (Å²) < 4.78 is 26.0. The van der Waals surface area contributed by atoms with Crippen molar-refractivity contribution in [2.75, 3.05) is 6.54 Å². The highest BCUT2D eigenvalue weighted by Crippen LogP contribution is 2.39. The summed E-state index contributed by atoms with van der Waals surface area (Å²) in [5.74, 6) is 0.542. The van der Waals surface area contributed by atoms with E-state index in [4.69, 9.17) is 24.7 Å². The lowest BCUT2D eigenvalue weighted by molar-refractivity contribution is -0.224. The van der Waals surface area contributed by atoms with Crippen LogP contribution in [0.25, 0.3) is 0 Å². The van der Waals surface area contributed by atoms with Crippen LogP contribution in [-0.4, -0.2) is 100 Å². The largest absolute Gasteiger partial charge is 0.489 e. The van der Waals surface area contributed by atoms with Gasteiger partial charge in [-0.15, -0.1) is 5.10 Å². The van der Waals surface area contributed by atoms with Crippen LogP contribution in [-0.2, 0) is 27.4 Å². The zero-order valence-electron chi connectivity index (χ0n) is 28.6. The van der Waals surface area contributed by atoms with Crippen LogP contribution in [0.3, 0.4) is 0 Å². The van der Waals surface area contributed by atoms with Gasteiger partial charge in [-0.05, 0) is 35.4 Å². The Morgan fingerprint density at radius 3 is 2.24 bits per heavy atom. The minimum Gasteiger partial charge on any atom is -0.489 e. The fourth-order valence-electron chi connectivity index (χ4n) is 6.35. The standard InChI is InChI=1S/C37H38N6O11/c38-16-26-29(46)32(49)36(52-26)54-33(34-30(47)31(48)35(53-34)43-15-14-27(44)39-37(43)50)25-18-42(41-40-25)17-20-6-8-21(9-7-20)19-51-24-12-10-23(11-13-24)28(45)22-4-2-1-3-5-22/h1-15,18,26,29-36,46-49H,16-17,19,38H2,(H,39,44,50)/t26-,29-,30+,31-,32-,33-,34+,35-,36+/m1/s1. The Balaban J connectivity index is 1.03. The summed E-state index contributed by atoms with van der Waals surface area (Å²) in [6.07, 6.45) is -10.1. The van der Waals surface area contributed by atoms with Crippen LogP contribution in [0.2, 0.25) is 0 Å². The van der Waals surface area contributed by atoms with Gasteiger partial charge >= 0.3 is 5.69 Å². The van der Waals surface area contributed by atoms with E-state index in [1.165, 1.54) is 10.9 Å². The zero-order chi connectivity index (χ0) is 37.9. The zero-order valence-corrected chi connectivity index (χ0v) is 28.6. The van der Waals surface area contributed by atoms with Gasteiger partial charge in [0.2, 0.25) is 0 Å². The van der Waals surface area contributed by atoms with Gasteiger partial charge < -0.3 is 45.1 Å². The third kappa shape index (κ3) is 7.79. The Morgan fingerprint density at radius 1 is 0.852 bits per heavy atom. The number of H-pyrrole nitrogens is 1. The average molecular weight is 743 g/mol. The molecule has 0 aliphatic carbocycles. The summed E-state index contributed by atoms with van der Waals surface area (Å²) in [6, 6.07) is 24.6. The number of nitrogens with one attached hydrogen (secondary N) is 1. The first-order valence-corrected chi connectivity index (χ1v) is 17.1. The van der Waals surface area contributed by atoms with Crippen molar-refractivity contribution in [1.29, 1.82) is 0 Å². The maximum atomic E-state index is 12.7. The molecule has 2 aromatic heterocycles. The summed E-state index contributed by atoms with van der Waals surface area (Å²) in [5, 5.41) is 51.5. The molecule has 2 saturated heterocycles. The molecular formula is C37H38N6O11. The third-order valence-corrected chi connectivity index (χ3v) is 9.30. The molecule has 282 valence electrons. The van der Waals surface area contributed by atoms with E-state index < -0.39 is 66.5 Å². The highest BCUT2D eigenvalue weighted by Gasteiger charge is 2.52. The van der Waals surface area contributed by atoms with Crippen LogP contribution in [0, 0.1) is 0 Å². The van der Waals surface area contributed by atoms with Gasteiger partial charge in [0.1, 0.15) is 60.8 Å². The number of nitrogens with two attached hydrogens (primary N) is 1. The third-order valence-electron chi connectivity index (χ3n) is 9.30. The van der Waals surface area contributed by atoms with Crippen molar-refractivity contribution in [3.05, 3.63) is 146 Å². The van der Waals surface area contributed by atoms with Gasteiger partial charge in [0, 0.05) is 29.9 Å². The summed E-state index contributed by atoms with van der Waals surface area (Å²) in [6.45, 7) is 0.433. The average Bonchev–Trinajstić information content (AvgIpc) is 3.85. The van der Waals surface area contributed by atoms with E-state index in [0.29, 0.717) is 16.9 Å². The molecule has 5 aromatic rings. The van der Waals surface area contributed by atoms with Crippen molar-refractivity contribution in [1.82, 2.24) is 24.5 Å². The first-order chi connectivity index (χ1) is 26.1. The van der Waals surface area contributed by atoms with E-state index in [9.17, 15) is 34.8 Å². The fraction of sp³-hybridized carbons (Fsp3) is 0.324. The second kappa shape index (κ2) is 15.9. The highest BCUT2D eigenvalue weighted by molar-refractivity contribution is 6.08. The van der Waals surface area contributed by atoms with Crippen LogP contribution in [0.4, 0.5) is 0 Å². The van der Waals surface area contributed by atoms with Crippen LogP contribution in [0.5, 0.6) is 5.75 Å². The Kier molecular flexibility index (Phi) is 10.9. The maximum Gasteiger partial charge on any atom is 0.330 e. The van der Waals surface area contributed by atoms with E-state index in [0.717, 1.165) is 28.0 Å². The van der Waals surface area contributed by atoms with E-state index in [2.05, 4.69) is 15.3 Å². The second-order valence-electron chi connectivity index (χ2n) is 13.0. The van der Waals surface area contributed by atoms with E-state index in [1.807, 2.05) is 42.5 Å². The van der Waals surface area contributed by atoms with Gasteiger partial charge in [0.25, 0.3) is 5.56 Å². The minimum absolute atomic E-state index is 0.0695. The lowest BCUT2D eigenvalue weighted by Crippen LogP contribution is -2.40. The Labute approximate surface area is 306 Å². The van der Waals surface area contributed by atoms with E-state index in [-0.39, 0.29) is 31.2 Å². The summed E-state index contributed by atoms with van der Waals surface area (Å²) in [4.78, 5) is 38.9. The first kappa shape index (κ1) is 37.0. The predicted molar refractivity (Wildman–Crippen MR) is 187 cm³/mol. The van der Waals surface area contributed by atoms with Crippen molar-refractivity contribution < 1.29 is 44.2 Å². The number of hydrogen-bond donors (Lipinski definition) is 6. The monoisotopic (exact) mass is 742 g/mol. The number of ether oxygens (including phenoxy) is 4.